The maximum absolute atomic E-state index is 9.24. The number of aliphatic hydroxyl groups is 1. The van der Waals surface area contributed by atoms with Crippen LogP contribution in [0.5, 0.6) is 0 Å². The summed E-state index contributed by atoms with van der Waals surface area (Å²) in [5.41, 5.74) is 0.0463. The lowest BCUT2D eigenvalue weighted by Gasteiger charge is -2.27. The Hall–Kier alpha value is -0.0900. The third-order valence-electron chi connectivity index (χ3n) is 2.25. The Balaban J connectivity index is 3.17. The quantitative estimate of drug-likeness (QED) is 0.922. The summed E-state index contributed by atoms with van der Waals surface area (Å²) in [6.45, 7) is 1.69. The average molecular weight is 280 g/mol. The molecular formula is C10H12BrClO2. The normalized spacial score (nSPS) is 15.2. The molecule has 0 aliphatic rings. The molecule has 1 N–H and O–H groups in total. The van der Waals surface area contributed by atoms with Crippen molar-refractivity contribution in [2.75, 3.05) is 13.7 Å². The summed E-state index contributed by atoms with van der Waals surface area (Å²) in [7, 11) is 1.55. The zero-order chi connectivity index (χ0) is 10.8. The van der Waals surface area contributed by atoms with Gasteiger partial charge in [-0.15, -0.1) is 0 Å². The second-order valence-electron chi connectivity index (χ2n) is 3.22. The number of hydrogen-bond donors (Lipinski definition) is 1. The summed E-state index contributed by atoms with van der Waals surface area (Å²) < 4.78 is 6.15. The van der Waals surface area contributed by atoms with Crippen LogP contribution in [0.25, 0.3) is 0 Å². The molecule has 0 bridgehead atoms. The van der Waals surface area contributed by atoms with E-state index in [1.165, 1.54) is 0 Å². The number of rotatable bonds is 3. The fraction of sp³-hybridized carbons (Fsp3) is 0.400. The Labute approximate surface area is 97.0 Å². The Bertz CT molecular complexity index is 324. The van der Waals surface area contributed by atoms with Gasteiger partial charge in [0.1, 0.15) is 5.60 Å². The molecule has 14 heavy (non-hydrogen) atoms. The van der Waals surface area contributed by atoms with Gasteiger partial charge in [0, 0.05) is 22.2 Å². The zero-order valence-corrected chi connectivity index (χ0v) is 10.4. The van der Waals surface area contributed by atoms with Gasteiger partial charge in [-0.3, -0.25) is 0 Å². The lowest BCUT2D eigenvalue weighted by atomic mass is 9.97. The molecule has 0 aromatic heterocycles. The van der Waals surface area contributed by atoms with Crippen LogP contribution in [-0.4, -0.2) is 18.8 Å². The van der Waals surface area contributed by atoms with Gasteiger partial charge < -0.3 is 9.84 Å². The fourth-order valence-corrected chi connectivity index (χ4v) is 2.05. The first-order valence-corrected chi connectivity index (χ1v) is 5.32. The number of halogens is 2. The van der Waals surface area contributed by atoms with E-state index in [-0.39, 0.29) is 6.61 Å². The van der Waals surface area contributed by atoms with Crippen molar-refractivity contribution in [1.82, 2.24) is 0 Å². The van der Waals surface area contributed by atoms with E-state index < -0.39 is 5.60 Å². The molecule has 0 radical (unpaired) electrons. The SMILES string of the molecule is COC(C)(CO)c1ccc(Br)cc1Cl. The molecular weight excluding hydrogens is 267 g/mol. The maximum atomic E-state index is 9.24. The van der Waals surface area contributed by atoms with Crippen molar-refractivity contribution in [3.05, 3.63) is 33.3 Å². The Morgan fingerprint density at radius 1 is 1.57 bits per heavy atom. The molecule has 0 amide bonds. The van der Waals surface area contributed by atoms with Gasteiger partial charge in [0.15, 0.2) is 0 Å². The minimum atomic E-state index is -0.738. The highest BCUT2D eigenvalue weighted by Crippen LogP contribution is 2.32. The van der Waals surface area contributed by atoms with E-state index in [0.29, 0.717) is 5.02 Å². The van der Waals surface area contributed by atoms with Crippen LogP contribution in [0, 0.1) is 0 Å². The van der Waals surface area contributed by atoms with Gasteiger partial charge in [-0.1, -0.05) is 33.6 Å². The summed E-state index contributed by atoms with van der Waals surface area (Å²) in [6.07, 6.45) is 0. The van der Waals surface area contributed by atoms with Gasteiger partial charge >= 0.3 is 0 Å². The molecule has 0 aliphatic carbocycles. The highest BCUT2D eigenvalue weighted by atomic mass is 79.9. The topological polar surface area (TPSA) is 29.5 Å². The zero-order valence-electron chi connectivity index (χ0n) is 8.05. The van der Waals surface area contributed by atoms with Crippen LogP contribution >= 0.6 is 27.5 Å². The van der Waals surface area contributed by atoms with E-state index in [2.05, 4.69) is 15.9 Å². The minimum Gasteiger partial charge on any atom is -0.393 e. The summed E-state index contributed by atoms with van der Waals surface area (Å²) in [6, 6.07) is 5.49. The molecule has 1 unspecified atom stereocenters. The van der Waals surface area contributed by atoms with Crippen molar-refractivity contribution >= 4 is 27.5 Å². The second kappa shape index (κ2) is 4.62. The third-order valence-corrected chi connectivity index (χ3v) is 3.06. The predicted molar refractivity (Wildman–Crippen MR) is 60.6 cm³/mol. The minimum absolute atomic E-state index is 0.106. The molecule has 0 saturated carbocycles. The first-order chi connectivity index (χ1) is 6.53. The maximum Gasteiger partial charge on any atom is 0.114 e. The molecule has 78 valence electrons. The van der Waals surface area contributed by atoms with Crippen LogP contribution in [0.15, 0.2) is 22.7 Å². The van der Waals surface area contributed by atoms with Crippen LogP contribution in [0.4, 0.5) is 0 Å². The van der Waals surface area contributed by atoms with Gasteiger partial charge in [0.25, 0.3) is 0 Å². The highest BCUT2D eigenvalue weighted by Gasteiger charge is 2.27. The third kappa shape index (κ3) is 2.28. The molecule has 1 aromatic carbocycles. The molecule has 1 aromatic rings. The van der Waals surface area contributed by atoms with E-state index in [4.69, 9.17) is 16.3 Å². The van der Waals surface area contributed by atoms with Crippen LogP contribution < -0.4 is 0 Å². The lowest BCUT2D eigenvalue weighted by Crippen LogP contribution is -2.29. The molecule has 0 fully saturated rings. The van der Waals surface area contributed by atoms with Gasteiger partial charge in [0.05, 0.1) is 6.61 Å². The van der Waals surface area contributed by atoms with E-state index >= 15 is 0 Å². The van der Waals surface area contributed by atoms with Crippen molar-refractivity contribution < 1.29 is 9.84 Å². The van der Waals surface area contributed by atoms with Crippen molar-refractivity contribution in [3.8, 4) is 0 Å². The standard InChI is InChI=1S/C10H12BrClO2/c1-10(6-13,14-2)8-4-3-7(11)5-9(8)12/h3-5,13H,6H2,1-2H3. The molecule has 2 nitrogen and oxygen atoms in total. The first-order valence-electron chi connectivity index (χ1n) is 4.15. The van der Waals surface area contributed by atoms with Crippen LogP contribution in [0.2, 0.25) is 5.02 Å². The molecule has 0 spiro atoms. The monoisotopic (exact) mass is 278 g/mol. The summed E-state index contributed by atoms with van der Waals surface area (Å²) in [5.74, 6) is 0. The first kappa shape index (κ1) is 12.0. The number of methoxy groups -OCH3 is 1. The lowest BCUT2D eigenvalue weighted by molar-refractivity contribution is -0.0421. The Morgan fingerprint density at radius 2 is 2.21 bits per heavy atom. The molecule has 0 saturated heterocycles. The van der Waals surface area contributed by atoms with Crippen molar-refractivity contribution in [1.29, 1.82) is 0 Å². The van der Waals surface area contributed by atoms with Gasteiger partial charge in [-0.05, 0) is 19.1 Å². The molecule has 1 atom stereocenters. The number of benzene rings is 1. The van der Waals surface area contributed by atoms with Crippen LogP contribution in [-0.2, 0) is 10.3 Å². The Kier molecular flexibility index (Phi) is 3.95. The van der Waals surface area contributed by atoms with E-state index in [1.807, 2.05) is 12.1 Å². The van der Waals surface area contributed by atoms with Gasteiger partial charge in [-0.2, -0.15) is 0 Å². The number of ether oxygens (including phenoxy) is 1. The molecule has 0 aliphatic heterocycles. The number of hydrogen-bond acceptors (Lipinski definition) is 2. The largest absolute Gasteiger partial charge is 0.393 e. The Morgan fingerprint density at radius 3 is 2.64 bits per heavy atom. The van der Waals surface area contributed by atoms with Crippen LogP contribution in [0.3, 0.4) is 0 Å². The average Bonchev–Trinajstić information content (AvgIpc) is 2.17. The molecule has 4 heteroatoms. The van der Waals surface area contributed by atoms with Crippen molar-refractivity contribution in [2.24, 2.45) is 0 Å². The van der Waals surface area contributed by atoms with Crippen LogP contribution in [0.1, 0.15) is 12.5 Å². The van der Waals surface area contributed by atoms with E-state index in [9.17, 15) is 5.11 Å². The molecule has 0 heterocycles. The predicted octanol–water partition coefficient (Wildman–Crippen LogP) is 2.96. The highest BCUT2D eigenvalue weighted by molar-refractivity contribution is 9.10. The smallest absolute Gasteiger partial charge is 0.114 e. The number of aliphatic hydroxyl groups excluding tert-OH is 1. The van der Waals surface area contributed by atoms with Gasteiger partial charge in [-0.25, -0.2) is 0 Å². The van der Waals surface area contributed by atoms with E-state index in [1.54, 1.807) is 20.1 Å². The fourth-order valence-electron chi connectivity index (χ4n) is 1.18. The molecule has 1 rings (SSSR count). The summed E-state index contributed by atoms with van der Waals surface area (Å²) in [4.78, 5) is 0. The summed E-state index contributed by atoms with van der Waals surface area (Å²) >= 11 is 9.37. The summed E-state index contributed by atoms with van der Waals surface area (Å²) in [5, 5.41) is 9.82. The van der Waals surface area contributed by atoms with E-state index in [0.717, 1.165) is 10.0 Å². The van der Waals surface area contributed by atoms with Crippen molar-refractivity contribution in [3.63, 3.8) is 0 Å². The van der Waals surface area contributed by atoms with Crippen molar-refractivity contribution in [2.45, 2.75) is 12.5 Å². The second-order valence-corrected chi connectivity index (χ2v) is 4.54. The van der Waals surface area contributed by atoms with Gasteiger partial charge in [0.2, 0.25) is 0 Å².